The lowest BCUT2D eigenvalue weighted by molar-refractivity contribution is -0.113. The minimum atomic E-state index is -0.164. The molecule has 1 amide bonds. The van der Waals surface area contributed by atoms with E-state index in [4.69, 9.17) is 26.4 Å². The fraction of sp³-hybridized carbons (Fsp3) is 0.158. The summed E-state index contributed by atoms with van der Waals surface area (Å²) in [6.45, 7) is 0. The standard InChI is InChI=1S/C19H17NO4S2/c1-22-14-6-4-5-13(11-14)20-18(21)17(26-19(20)25)10-12-7-8-15(23-2)16(9-12)24-3/h4-11H,1-3H3. The first kappa shape index (κ1) is 18.3. The van der Waals surface area contributed by atoms with Crippen LogP contribution in [0.3, 0.4) is 0 Å². The molecule has 0 atom stereocenters. The molecular weight excluding hydrogens is 370 g/mol. The Hall–Kier alpha value is -2.51. The molecule has 2 aromatic carbocycles. The summed E-state index contributed by atoms with van der Waals surface area (Å²) < 4.78 is 16.3. The van der Waals surface area contributed by atoms with Gasteiger partial charge >= 0.3 is 0 Å². The molecule has 1 fully saturated rings. The van der Waals surface area contributed by atoms with Gasteiger partial charge in [-0.05, 0) is 35.9 Å². The summed E-state index contributed by atoms with van der Waals surface area (Å²) in [5.74, 6) is 1.74. The number of anilines is 1. The summed E-state index contributed by atoms with van der Waals surface area (Å²) in [7, 11) is 4.74. The van der Waals surface area contributed by atoms with Crippen molar-refractivity contribution in [1.82, 2.24) is 0 Å². The van der Waals surface area contributed by atoms with Crippen molar-refractivity contribution in [1.29, 1.82) is 0 Å². The highest BCUT2D eigenvalue weighted by Gasteiger charge is 2.33. The van der Waals surface area contributed by atoms with Crippen molar-refractivity contribution in [2.24, 2.45) is 0 Å². The predicted octanol–water partition coefficient (Wildman–Crippen LogP) is 4.12. The van der Waals surface area contributed by atoms with E-state index in [0.29, 0.717) is 32.2 Å². The van der Waals surface area contributed by atoms with Gasteiger partial charge in [0.2, 0.25) is 0 Å². The van der Waals surface area contributed by atoms with Crippen molar-refractivity contribution >= 4 is 46.0 Å². The quantitative estimate of drug-likeness (QED) is 0.568. The second-order valence-electron chi connectivity index (χ2n) is 5.33. The van der Waals surface area contributed by atoms with Gasteiger partial charge in [-0.15, -0.1) is 0 Å². The van der Waals surface area contributed by atoms with Gasteiger partial charge in [0.15, 0.2) is 15.8 Å². The van der Waals surface area contributed by atoms with Crippen molar-refractivity contribution in [3.05, 3.63) is 52.9 Å². The highest BCUT2D eigenvalue weighted by atomic mass is 32.2. The van der Waals surface area contributed by atoms with Crippen LogP contribution in [0.2, 0.25) is 0 Å². The molecule has 5 nitrogen and oxygen atoms in total. The monoisotopic (exact) mass is 387 g/mol. The first-order chi connectivity index (χ1) is 12.6. The maximum Gasteiger partial charge on any atom is 0.270 e. The average molecular weight is 387 g/mol. The van der Waals surface area contributed by atoms with E-state index in [-0.39, 0.29) is 5.91 Å². The molecule has 26 heavy (non-hydrogen) atoms. The molecule has 7 heteroatoms. The Labute approximate surface area is 161 Å². The average Bonchev–Trinajstić information content (AvgIpc) is 2.94. The molecule has 0 radical (unpaired) electrons. The van der Waals surface area contributed by atoms with Crippen LogP contribution in [-0.4, -0.2) is 31.6 Å². The summed E-state index contributed by atoms with van der Waals surface area (Å²) in [5, 5.41) is 0. The van der Waals surface area contributed by atoms with Crippen LogP contribution in [0, 0.1) is 0 Å². The van der Waals surface area contributed by atoms with E-state index in [1.54, 1.807) is 39.5 Å². The molecule has 0 spiro atoms. The van der Waals surface area contributed by atoms with E-state index in [1.807, 2.05) is 30.3 Å². The van der Waals surface area contributed by atoms with E-state index >= 15 is 0 Å². The van der Waals surface area contributed by atoms with Gasteiger partial charge in [-0.3, -0.25) is 9.69 Å². The molecule has 0 unspecified atom stereocenters. The minimum absolute atomic E-state index is 0.164. The van der Waals surface area contributed by atoms with E-state index < -0.39 is 0 Å². The van der Waals surface area contributed by atoms with Gasteiger partial charge in [0.25, 0.3) is 5.91 Å². The normalized spacial score (nSPS) is 15.5. The van der Waals surface area contributed by atoms with Crippen molar-refractivity contribution in [2.45, 2.75) is 0 Å². The first-order valence-electron chi connectivity index (χ1n) is 7.71. The zero-order valence-electron chi connectivity index (χ0n) is 14.5. The molecule has 1 saturated heterocycles. The molecule has 134 valence electrons. The Morgan fingerprint density at radius 3 is 2.46 bits per heavy atom. The molecule has 1 heterocycles. The van der Waals surface area contributed by atoms with Crippen LogP contribution in [0.4, 0.5) is 5.69 Å². The number of carbonyl (C=O) groups is 1. The van der Waals surface area contributed by atoms with Gasteiger partial charge in [-0.1, -0.05) is 36.1 Å². The van der Waals surface area contributed by atoms with E-state index in [2.05, 4.69) is 0 Å². The Balaban J connectivity index is 1.92. The lowest BCUT2D eigenvalue weighted by Crippen LogP contribution is -2.27. The Kier molecular flexibility index (Phi) is 5.49. The molecule has 0 aliphatic carbocycles. The number of rotatable bonds is 5. The Morgan fingerprint density at radius 1 is 1.00 bits per heavy atom. The van der Waals surface area contributed by atoms with Crippen LogP contribution in [0.1, 0.15) is 5.56 Å². The lowest BCUT2D eigenvalue weighted by Gasteiger charge is -2.15. The van der Waals surface area contributed by atoms with Gasteiger partial charge in [0.05, 0.1) is 31.9 Å². The predicted molar refractivity (Wildman–Crippen MR) is 108 cm³/mol. The SMILES string of the molecule is COc1cccc(N2C(=O)C(=Cc3ccc(OC)c(OC)c3)SC2=S)c1. The largest absolute Gasteiger partial charge is 0.497 e. The summed E-state index contributed by atoms with van der Waals surface area (Å²) >= 11 is 6.67. The van der Waals surface area contributed by atoms with Crippen LogP contribution in [-0.2, 0) is 4.79 Å². The molecule has 3 rings (SSSR count). The fourth-order valence-electron chi connectivity index (χ4n) is 2.53. The maximum absolute atomic E-state index is 12.9. The molecule has 1 aliphatic rings. The Morgan fingerprint density at radius 2 is 1.77 bits per heavy atom. The zero-order chi connectivity index (χ0) is 18.7. The minimum Gasteiger partial charge on any atom is -0.497 e. The van der Waals surface area contributed by atoms with Crippen LogP contribution in [0.15, 0.2) is 47.4 Å². The number of hydrogen-bond donors (Lipinski definition) is 0. The maximum atomic E-state index is 12.9. The summed E-state index contributed by atoms with van der Waals surface area (Å²) in [5.41, 5.74) is 1.51. The summed E-state index contributed by atoms with van der Waals surface area (Å²) in [4.78, 5) is 14.9. The smallest absolute Gasteiger partial charge is 0.270 e. The second-order valence-corrected chi connectivity index (χ2v) is 7.01. The number of amides is 1. The number of nitrogens with zero attached hydrogens (tertiary/aromatic N) is 1. The molecule has 2 aromatic rings. The lowest BCUT2D eigenvalue weighted by atomic mass is 10.2. The molecule has 0 saturated carbocycles. The van der Waals surface area contributed by atoms with Crippen molar-refractivity contribution in [2.75, 3.05) is 26.2 Å². The molecule has 1 aliphatic heterocycles. The summed E-state index contributed by atoms with van der Waals surface area (Å²) in [6, 6.07) is 12.7. The van der Waals surface area contributed by atoms with Crippen LogP contribution >= 0.6 is 24.0 Å². The van der Waals surface area contributed by atoms with Gasteiger partial charge in [0.1, 0.15) is 5.75 Å². The summed E-state index contributed by atoms with van der Waals surface area (Å²) in [6.07, 6.45) is 1.79. The van der Waals surface area contributed by atoms with E-state index in [0.717, 1.165) is 5.56 Å². The highest BCUT2D eigenvalue weighted by Crippen LogP contribution is 2.37. The van der Waals surface area contributed by atoms with Gasteiger partial charge in [-0.25, -0.2) is 0 Å². The Bertz CT molecular complexity index is 895. The van der Waals surface area contributed by atoms with Gasteiger partial charge in [-0.2, -0.15) is 0 Å². The number of carbonyl (C=O) groups excluding carboxylic acids is 1. The van der Waals surface area contributed by atoms with E-state index in [1.165, 1.54) is 16.7 Å². The zero-order valence-corrected chi connectivity index (χ0v) is 16.1. The molecule has 0 bridgehead atoms. The number of ether oxygens (including phenoxy) is 3. The van der Waals surface area contributed by atoms with Crippen LogP contribution < -0.4 is 19.1 Å². The number of benzene rings is 2. The van der Waals surface area contributed by atoms with Crippen molar-refractivity contribution in [3.63, 3.8) is 0 Å². The number of thioether (sulfide) groups is 1. The van der Waals surface area contributed by atoms with Crippen LogP contribution in [0.5, 0.6) is 17.2 Å². The highest BCUT2D eigenvalue weighted by molar-refractivity contribution is 8.27. The van der Waals surface area contributed by atoms with Crippen LogP contribution in [0.25, 0.3) is 6.08 Å². The van der Waals surface area contributed by atoms with Gasteiger partial charge in [0, 0.05) is 6.07 Å². The number of hydrogen-bond acceptors (Lipinski definition) is 6. The number of methoxy groups -OCH3 is 3. The van der Waals surface area contributed by atoms with Crippen molar-refractivity contribution in [3.8, 4) is 17.2 Å². The van der Waals surface area contributed by atoms with Crippen molar-refractivity contribution < 1.29 is 19.0 Å². The fourth-order valence-corrected chi connectivity index (χ4v) is 3.83. The van der Waals surface area contributed by atoms with Gasteiger partial charge < -0.3 is 14.2 Å². The number of thiocarbonyl (C=S) groups is 1. The topological polar surface area (TPSA) is 48.0 Å². The third-order valence-corrected chi connectivity index (χ3v) is 5.11. The third-order valence-electron chi connectivity index (χ3n) is 3.81. The van der Waals surface area contributed by atoms with E-state index in [9.17, 15) is 4.79 Å². The molecule has 0 aromatic heterocycles. The third kappa shape index (κ3) is 3.54. The first-order valence-corrected chi connectivity index (χ1v) is 8.94. The molecule has 0 N–H and O–H groups in total. The molecular formula is C19H17NO4S2. The second kappa shape index (κ2) is 7.80.